The first-order valence-corrected chi connectivity index (χ1v) is 8.01. The molecular formula is C12H10Cl3N3O2S. The van der Waals surface area contributed by atoms with Gasteiger partial charge in [-0.2, -0.15) is 0 Å². The summed E-state index contributed by atoms with van der Waals surface area (Å²) in [7, 11) is 0. The Bertz CT molecular complexity index is 640. The first-order chi connectivity index (χ1) is 9.99. The maximum absolute atomic E-state index is 11.9. The number of anilines is 1. The Morgan fingerprint density at radius 1 is 1.29 bits per heavy atom. The Balaban J connectivity index is 1.96. The molecule has 0 unspecified atom stereocenters. The average molecular weight is 367 g/mol. The molecule has 1 amide bonds. The highest BCUT2D eigenvalue weighted by Crippen LogP contribution is 2.33. The zero-order valence-corrected chi connectivity index (χ0v) is 13.9. The highest BCUT2D eigenvalue weighted by Gasteiger charge is 2.13. The second kappa shape index (κ2) is 7.35. The average Bonchev–Trinajstić information content (AvgIpc) is 2.88. The molecule has 5 nitrogen and oxygen atoms in total. The predicted octanol–water partition coefficient (Wildman–Crippen LogP) is 4.32. The van der Waals surface area contributed by atoms with E-state index in [2.05, 4.69) is 15.5 Å². The molecule has 0 saturated heterocycles. The van der Waals surface area contributed by atoms with Gasteiger partial charge in [0.05, 0.1) is 21.5 Å². The smallest absolute Gasteiger partial charge is 0.277 e. The molecule has 21 heavy (non-hydrogen) atoms. The Hall–Kier alpha value is -0.950. The quantitative estimate of drug-likeness (QED) is 0.798. The molecule has 0 saturated carbocycles. The number of amides is 1. The molecule has 1 heterocycles. The molecule has 112 valence electrons. The highest BCUT2D eigenvalue weighted by molar-refractivity contribution is 7.99. The molecule has 0 aliphatic heterocycles. The van der Waals surface area contributed by atoms with Crippen molar-refractivity contribution in [3.8, 4) is 0 Å². The van der Waals surface area contributed by atoms with Crippen molar-refractivity contribution in [2.45, 2.75) is 18.6 Å². The Morgan fingerprint density at radius 2 is 1.95 bits per heavy atom. The molecule has 9 heteroatoms. The van der Waals surface area contributed by atoms with Crippen LogP contribution in [0.5, 0.6) is 0 Å². The summed E-state index contributed by atoms with van der Waals surface area (Å²) < 4.78 is 5.29. The van der Waals surface area contributed by atoms with E-state index in [9.17, 15) is 4.79 Å². The van der Waals surface area contributed by atoms with E-state index in [1.54, 1.807) is 0 Å². The molecule has 2 rings (SSSR count). The Kier molecular flexibility index (Phi) is 5.75. The van der Waals surface area contributed by atoms with Crippen molar-refractivity contribution >= 4 is 58.2 Å². The summed E-state index contributed by atoms with van der Waals surface area (Å²) in [6.07, 6.45) is 0.649. The largest absolute Gasteiger partial charge is 0.416 e. The minimum Gasteiger partial charge on any atom is -0.416 e. The number of halogens is 3. The summed E-state index contributed by atoms with van der Waals surface area (Å²) in [5.41, 5.74) is 0.327. The molecule has 0 bridgehead atoms. The normalized spacial score (nSPS) is 10.7. The maximum Gasteiger partial charge on any atom is 0.277 e. The van der Waals surface area contributed by atoms with Crippen LogP contribution in [0.15, 0.2) is 21.8 Å². The number of hydrogen-bond donors (Lipinski definition) is 1. The lowest BCUT2D eigenvalue weighted by atomic mass is 10.3. The first kappa shape index (κ1) is 16.4. The number of rotatable bonds is 5. The molecule has 0 radical (unpaired) electrons. The van der Waals surface area contributed by atoms with Crippen LogP contribution in [0.1, 0.15) is 12.8 Å². The zero-order valence-electron chi connectivity index (χ0n) is 10.8. The molecule has 0 spiro atoms. The molecule has 1 aromatic carbocycles. The van der Waals surface area contributed by atoms with Crippen LogP contribution in [0, 0.1) is 0 Å². The number of carbonyl (C=O) groups excluding carboxylic acids is 1. The fraction of sp³-hybridized carbons (Fsp3) is 0.250. The lowest BCUT2D eigenvalue weighted by Gasteiger charge is -2.09. The standard InChI is InChI=1S/C12H10Cl3N3O2S/c1-2-10-17-18-12(20-10)21-5-9(19)16-11-7(14)3-6(13)4-8(11)15/h3-4H,2,5H2,1H3,(H,16,19). The van der Waals surface area contributed by atoms with Crippen LogP contribution >= 0.6 is 46.6 Å². The maximum atomic E-state index is 11.9. The SMILES string of the molecule is CCc1nnc(SCC(=O)Nc2c(Cl)cc(Cl)cc2Cl)o1. The molecule has 1 N–H and O–H groups in total. The minimum atomic E-state index is -0.289. The van der Waals surface area contributed by atoms with Crippen molar-refractivity contribution in [2.24, 2.45) is 0 Å². The van der Waals surface area contributed by atoms with Gasteiger partial charge in [0.2, 0.25) is 11.8 Å². The van der Waals surface area contributed by atoms with Gasteiger partial charge in [0.25, 0.3) is 5.22 Å². The number of aromatic nitrogens is 2. The van der Waals surface area contributed by atoms with E-state index in [-0.39, 0.29) is 21.7 Å². The van der Waals surface area contributed by atoms with Crippen LogP contribution in [0.4, 0.5) is 5.69 Å². The summed E-state index contributed by atoms with van der Waals surface area (Å²) >= 11 is 18.9. The van der Waals surface area contributed by atoms with Gasteiger partial charge in [-0.3, -0.25) is 4.79 Å². The second-order valence-corrected chi connectivity index (χ2v) is 6.07. The van der Waals surface area contributed by atoms with Crippen molar-refractivity contribution in [1.82, 2.24) is 10.2 Å². The third-order valence-corrected chi connectivity index (χ3v) is 3.98. The van der Waals surface area contributed by atoms with Crippen LogP contribution in [-0.4, -0.2) is 21.9 Å². The van der Waals surface area contributed by atoms with E-state index in [1.165, 1.54) is 12.1 Å². The fourth-order valence-electron chi connectivity index (χ4n) is 1.40. The van der Waals surface area contributed by atoms with Crippen LogP contribution in [0.25, 0.3) is 0 Å². The van der Waals surface area contributed by atoms with Gasteiger partial charge in [-0.25, -0.2) is 0 Å². The van der Waals surface area contributed by atoms with E-state index in [0.717, 1.165) is 11.8 Å². The minimum absolute atomic E-state index is 0.0978. The van der Waals surface area contributed by atoms with Crippen molar-refractivity contribution in [3.05, 3.63) is 33.1 Å². The summed E-state index contributed by atoms with van der Waals surface area (Å²) in [6.45, 7) is 1.90. The van der Waals surface area contributed by atoms with Gasteiger partial charge >= 0.3 is 0 Å². The number of aryl methyl sites for hydroxylation is 1. The van der Waals surface area contributed by atoms with Crippen LogP contribution in [0.2, 0.25) is 15.1 Å². The van der Waals surface area contributed by atoms with Gasteiger partial charge < -0.3 is 9.73 Å². The van der Waals surface area contributed by atoms with E-state index in [1.807, 2.05) is 6.92 Å². The van der Waals surface area contributed by atoms with Gasteiger partial charge in [-0.05, 0) is 12.1 Å². The predicted molar refractivity (Wildman–Crippen MR) is 84.5 cm³/mol. The third kappa shape index (κ3) is 4.51. The number of hydrogen-bond acceptors (Lipinski definition) is 5. The number of thioether (sulfide) groups is 1. The lowest BCUT2D eigenvalue weighted by molar-refractivity contribution is -0.113. The van der Waals surface area contributed by atoms with Gasteiger partial charge in [-0.1, -0.05) is 53.5 Å². The molecule has 0 aliphatic rings. The molecule has 0 atom stereocenters. The summed E-state index contributed by atoms with van der Waals surface area (Å²) in [6, 6.07) is 3.01. The number of carbonyl (C=O) groups is 1. The fourth-order valence-corrected chi connectivity index (χ4v) is 2.90. The van der Waals surface area contributed by atoms with Crippen molar-refractivity contribution < 1.29 is 9.21 Å². The van der Waals surface area contributed by atoms with Gasteiger partial charge in [0.1, 0.15) is 0 Å². The second-order valence-electron chi connectivity index (χ2n) is 3.90. The first-order valence-electron chi connectivity index (χ1n) is 5.89. The lowest BCUT2D eigenvalue weighted by Crippen LogP contribution is -2.14. The van der Waals surface area contributed by atoms with Crippen LogP contribution in [-0.2, 0) is 11.2 Å². The number of nitrogens with zero attached hydrogens (tertiary/aromatic N) is 2. The monoisotopic (exact) mass is 365 g/mol. The van der Waals surface area contributed by atoms with E-state index in [0.29, 0.717) is 28.2 Å². The number of nitrogens with one attached hydrogen (secondary N) is 1. The van der Waals surface area contributed by atoms with E-state index >= 15 is 0 Å². The highest BCUT2D eigenvalue weighted by atomic mass is 35.5. The van der Waals surface area contributed by atoms with Crippen molar-refractivity contribution in [3.63, 3.8) is 0 Å². The third-order valence-electron chi connectivity index (χ3n) is 2.35. The molecule has 2 aromatic rings. The van der Waals surface area contributed by atoms with E-state index in [4.69, 9.17) is 39.2 Å². The molecular weight excluding hydrogens is 357 g/mol. The van der Waals surface area contributed by atoms with Gasteiger partial charge in [0.15, 0.2) is 0 Å². The molecule has 1 aromatic heterocycles. The van der Waals surface area contributed by atoms with E-state index < -0.39 is 0 Å². The summed E-state index contributed by atoms with van der Waals surface area (Å²) in [5.74, 6) is 0.338. The van der Waals surface area contributed by atoms with Crippen molar-refractivity contribution in [1.29, 1.82) is 0 Å². The summed E-state index contributed by atoms with van der Waals surface area (Å²) in [5, 5.41) is 11.5. The van der Waals surface area contributed by atoms with Crippen LogP contribution in [0.3, 0.4) is 0 Å². The Morgan fingerprint density at radius 3 is 2.52 bits per heavy atom. The summed E-state index contributed by atoms with van der Waals surface area (Å²) in [4.78, 5) is 11.9. The van der Waals surface area contributed by atoms with Gasteiger partial charge in [-0.15, -0.1) is 10.2 Å². The molecule has 0 aliphatic carbocycles. The Labute approximate surface area is 140 Å². The zero-order chi connectivity index (χ0) is 15.4. The molecule has 0 fully saturated rings. The van der Waals surface area contributed by atoms with Crippen LogP contribution < -0.4 is 5.32 Å². The number of benzene rings is 1. The van der Waals surface area contributed by atoms with Crippen molar-refractivity contribution in [2.75, 3.05) is 11.1 Å². The topological polar surface area (TPSA) is 68.0 Å². The van der Waals surface area contributed by atoms with Gasteiger partial charge in [0, 0.05) is 11.4 Å².